The van der Waals surface area contributed by atoms with Gasteiger partial charge in [-0.2, -0.15) is 4.73 Å². The van der Waals surface area contributed by atoms with Crippen LogP contribution in [0, 0.1) is 12.1 Å². The average Bonchev–Trinajstić information content (AvgIpc) is 2.35. The Kier molecular flexibility index (Phi) is 3.15. The molecule has 0 aliphatic heterocycles. The van der Waals surface area contributed by atoms with Gasteiger partial charge in [-0.3, -0.25) is 0 Å². The lowest BCUT2D eigenvalue weighted by atomic mass is 10.2. The van der Waals surface area contributed by atoms with E-state index in [0.29, 0.717) is 27.9 Å². The highest BCUT2D eigenvalue weighted by molar-refractivity contribution is 6.32. The number of rotatable bonds is 2. The van der Waals surface area contributed by atoms with Crippen molar-refractivity contribution in [2.75, 3.05) is 7.11 Å². The summed E-state index contributed by atoms with van der Waals surface area (Å²) >= 11 is 6.05. The van der Waals surface area contributed by atoms with Gasteiger partial charge in [0.1, 0.15) is 5.69 Å². The van der Waals surface area contributed by atoms with Gasteiger partial charge in [0.2, 0.25) is 17.1 Å². The summed E-state index contributed by atoms with van der Waals surface area (Å²) in [6, 6.07) is 6.92. The summed E-state index contributed by atoms with van der Waals surface area (Å²) in [4.78, 5) is 4.13. The highest BCUT2D eigenvalue weighted by atomic mass is 35.5. The fourth-order valence-electron chi connectivity index (χ4n) is 1.63. The van der Waals surface area contributed by atoms with Crippen molar-refractivity contribution in [3.05, 3.63) is 46.4 Å². The van der Waals surface area contributed by atoms with E-state index in [4.69, 9.17) is 16.3 Å². The zero-order valence-corrected chi connectivity index (χ0v) is 10.2. The predicted molar refractivity (Wildman–Crippen MR) is 64.9 cm³/mol. The van der Waals surface area contributed by atoms with Gasteiger partial charge in [-0.15, -0.1) is 0 Å². The highest BCUT2D eigenvalue weighted by Crippen LogP contribution is 2.29. The maximum absolute atomic E-state index is 12.0. The smallest absolute Gasteiger partial charge is 0.244 e. The van der Waals surface area contributed by atoms with Crippen LogP contribution in [-0.4, -0.2) is 12.1 Å². The van der Waals surface area contributed by atoms with E-state index >= 15 is 0 Å². The molecule has 0 aliphatic carbocycles. The van der Waals surface area contributed by atoms with Crippen molar-refractivity contribution in [2.24, 2.45) is 0 Å². The van der Waals surface area contributed by atoms with Gasteiger partial charge in [0.15, 0.2) is 0 Å². The maximum Gasteiger partial charge on any atom is 0.244 e. The molecule has 0 aromatic carbocycles. The molecule has 88 valence electrons. The fourth-order valence-corrected chi connectivity index (χ4v) is 1.94. The minimum atomic E-state index is 0.390. The van der Waals surface area contributed by atoms with Gasteiger partial charge in [-0.1, -0.05) is 17.7 Å². The van der Waals surface area contributed by atoms with Crippen molar-refractivity contribution in [3.8, 4) is 17.1 Å². The second-order valence-corrected chi connectivity index (χ2v) is 3.91. The number of hydrogen-bond donors (Lipinski definition) is 0. The molecule has 5 heteroatoms. The van der Waals surface area contributed by atoms with Crippen molar-refractivity contribution in [1.29, 1.82) is 0 Å². The van der Waals surface area contributed by atoms with E-state index in [2.05, 4.69) is 4.98 Å². The summed E-state index contributed by atoms with van der Waals surface area (Å²) in [5, 5.41) is 12.4. The minimum Gasteiger partial charge on any atom is -0.618 e. The van der Waals surface area contributed by atoms with Crippen molar-refractivity contribution >= 4 is 11.6 Å². The lowest BCUT2D eigenvalue weighted by Gasteiger charge is -2.11. The Morgan fingerprint density at radius 1 is 1.41 bits per heavy atom. The van der Waals surface area contributed by atoms with Crippen molar-refractivity contribution in [1.82, 2.24) is 4.98 Å². The molecule has 0 bridgehead atoms. The molecule has 2 aromatic rings. The Balaban J connectivity index is 2.65. The number of pyridine rings is 2. The molecular formula is C12H11ClN2O2. The molecule has 4 nitrogen and oxygen atoms in total. The van der Waals surface area contributed by atoms with Gasteiger partial charge >= 0.3 is 0 Å². The minimum absolute atomic E-state index is 0.390. The standard InChI is InChI=1S/C12H11ClN2O2/c1-8-12(17-2)9(13)7-11(15(8)16)10-5-3-4-6-14-10/h3-7H,1-2H3. The first-order chi connectivity index (χ1) is 8.15. The van der Waals surface area contributed by atoms with Crippen molar-refractivity contribution < 1.29 is 9.47 Å². The Morgan fingerprint density at radius 3 is 2.76 bits per heavy atom. The summed E-state index contributed by atoms with van der Waals surface area (Å²) in [5.74, 6) is 0.390. The Labute approximate surface area is 104 Å². The second-order valence-electron chi connectivity index (χ2n) is 3.51. The summed E-state index contributed by atoms with van der Waals surface area (Å²) in [6.07, 6.45) is 1.63. The van der Waals surface area contributed by atoms with Crippen LogP contribution < -0.4 is 9.47 Å². The van der Waals surface area contributed by atoms with Gasteiger partial charge < -0.3 is 9.94 Å². The van der Waals surface area contributed by atoms with E-state index in [1.165, 1.54) is 7.11 Å². The molecule has 0 atom stereocenters. The van der Waals surface area contributed by atoms with E-state index in [0.717, 1.165) is 4.73 Å². The van der Waals surface area contributed by atoms with E-state index in [-0.39, 0.29) is 0 Å². The topological polar surface area (TPSA) is 49.1 Å². The normalized spacial score (nSPS) is 10.3. The molecule has 2 aromatic heterocycles. The lowest BCUT2D eigenvalue weighted by molar-refractivity contribution is -0.601. The van der Waals surface area contributed by atoms with Crippen LogP contribution in [0.2, 0.25) is 5.02 Å². The van der Waals surface area contributed by atoms with E-state index in [1.54, 1.807) is 31.3 Å². The molecule has 0 saturated carbocycles. The average molecular weight is 251 g/mol. The van der Waals surface area contributed by atoms with Crippen LogP contribution in [0.3, 0.4) is 0 Å². The van der Waals surface area contributed by atoms with Crippen LogP contribution in [0.4, 0.5) is 0 Å². The number of hydrogen-bond acceptors (Lipinski definition) is 3. The molecule has 2 heterocycles. The van der Waals surface area contributed by atoms with E-state index in [9.17, 15) is 5.21 Å². The first-order valence-electron chi connectivity index (χ1n) is 5.03. The second kappa shape index (κ2) is 4.59. The summed E-state index contributed by atoms with van der Waals surface area (Å²) in [6.45, 7) is 1.66. The Hall–Kier alpha value is -1.81. The summed E-state index contributed by atoms with van der Waals surface area (Å²) in [5.41, 5.74) is 1.41. The number of nitrogens with zero attached hydrogens (tertiary/aromatic N) is 2. The predicted octanol–water partition coefficient (Wildman–Crippen LogP) is 2.35. The molecular weight excluding hydrogens is 240 g/mol. The molecule has 0 aliphatic rings. The van der Waals surface area contributed by atoms with E-state index < -0.39 is 0 Å². The third kappa shape index (κ3) is 2.03. The van der Waals surface area contributed by atoms with Gasteiger partial charge in [0.05, 0.1) is 12.1 Å². The highest BCUT2D eigenvalue weighted by Gasteiger charge is 2.20. The molecule has 0 unspecified atom stereocenters. The SMILES string of the molecule is COc1c(Cl)cc(-c2ccccn2)[n+]([O-])c1C. The van der Waals surface area contributed by atoms with Crippen LogP contribution in [0.15, 0.2) is 30.5 Å². The number of aromatic nitrogens is 2. The van der Waals surface area contributed by atoms with Crippen molar-refractivity contribution in [3.63, 3.8) is 0 Å². The van der Waals surface area contributed by atoms with E-state index in [1.807, 2.05) is 6.07 Å². The lowest BCUT2D eigenvalue weighted by Crippen LogP contribution is -2.33. The van der Waals surface area contributed by atoms with Crippen LogP contribution >= 0.6 is 11.6 Å². The zero-order chi connectivity index (χ0) is 12.4. The van der Waals surface area contributed by atoms with Gasteiger partial charge in [-0.25, -0.2) is 4.98 Å². The molecule has 17 heavy (non-hydrogen) atoms. The molecule has 2 rings (SSSR count). The van der Waals surface area contributed by atoms with Crippen LogP contribution in [-0.2, 0) is 0 Å². The third-order valence-electron chi connectivity index (χ3n) is 2.46. The summed E-state index contributed by atoms with van der Waals surface area (Å²) in [7, 11) is 1.48. The van der Waals surface area contributed by atoms with Gasteiger partial charge in [-0.05, 0) is 12.1 Å². The maximum atomic E-state index is 12.0. The summed E-state index contributed by atoms with van der Waals surface area (Å²) < 4.78 is 5.85. The molecule has 0 radical (unpaired) electrons. The monoisotopic (exact) mass is 250 g/mol. The molecule has 0 spiro atoms. The number of ether oxygens (including phenoxy) is 1. The Bertz CT molecular complexity index is 544. The zero-order valence-electron chi connectivity index (χ0n) is 9.48. The van der Waals surface area contributed by atoms with Gasteiger partial charge in [0.25, 0.3) is 0 Å². The van der Waals surface area contributed by atoms with Crippen LogP contribution in [0.5, 0.6) is 5.75 Å². The molecule has 0 saturated heterocycles. The quantitative estimate of drug-likeness (QED) is 0.607. The first kappa shape index (κ1) is 11.7. The molecule has 0 fully saturated rings. The first-order valence-corrected chi connectivity index (χ1v) is 5.41. The fraction of sp³-hybridized carbons (Fsp3) is 0.167. The third-order valence-corrected chi connectivity index (χ3v) is 2.74. The largest absolute Gasteiger partial charge is 0.618 e. The molecule has 0 amide bonds. The van der Waals surface area contributed by atoms with Crippen molar-refractivity contribution in [2.45, 2.75) is 6.92 Å². The van der Waals surface area contributed by atoms with Crippen LogP contribution in [0.1, 0.15) is 5.69 Å². The number of halogens is 1. The van der Waals surface area contributed by atoms with Gasteiger partial charge in [0, 0.05) is 19.2 Å². The van der Waals surface area contributed by atoms with Crippen LogP contribution in [0.25, 0.3) is 11.4 Å². The molecule has 0 N–H and O–H groups in total. The Morgan fingerprint density at radius 2 is 2.18 bits per heavy atom. The number of methoxy groups -OCH3 is 1.